The second-order valence-electron chi connectivity index (χ2n) is 7.48. The number of sulfonamides is 1. The molecule has 148 valence electrons. The van der Waals surface area contributed by atoms with Gasteiger partial charge in [0.2, 0.25) is 5.91 Å². The molecule has 2 aliphatic rings. The summed E-state index contributed by atoms with van der Waals surface area (Å²) in [7, 11) is -3.90. The van der Waals surface area contributed by atoms with Crippen LogP contribution in [0.1, 0.15) is 32.1 Å². The number of anilines is 1. The third-order valence-electron chi connectivity index (χ3n) is 5.57. The van der Waals surface area contributed by atoms with E-state index >= 15 is 0 Å². The van der Waals surface area contributed by atoms with Gasteiger partial charge in [-0.3, -0.25) is 9.10 Å². The summed E-state index contributed by atoms with van der Waals surface area (Å²) < 4.78 is 41.2. The Hall–Kier alpha value is -2.41. The van der Waals surface area contributed by atoms with Gasteiger partial charge in [0, 0.05) is 17.7 Å². The lowest BCUT2D eigenvalue weighted by molar-refractivity contribution is -0.119. The molecular weight excluding hydrogens is 379 g/mol. The molecule has 0 bridgehead atoms. The summed E-state index contributed by atoms with van der Waals surface area (Å²) >= 11 is 0. The molecule has 0 spiro atoms. The zero-order valence-electron chi connectivity index (χ0n) is 15.5. The standard InChI is InChI=1S/C21H23FN2O3S/c22-16-10-11-19-18(12-16)17-8-4-5-9-20(17)28(26,27)24(19)14-21(25)23-13-15-6-2-1-3-7-15/h4-5,8-12,15H,1-3,6-7,13-14H2,(H,23,25). The van der Waals surface area contributed by atoms with Gasteiger partial charge < -0.3 is 5.32 Å². The van der Waals surface area contributed by atoms with Crippen molar-refractivity contribution in [2.75, 3.05) is 17.4 Å². The van der Waals surface area contributed by atoms with E-state index in [2.05, 4.69) is 5.32 Å². The van der Waals surface area contributed by atoms with E-state index in [0.717, 1.165) is 17.1 Å². The first-order chi connectivity index (χ1) is 13.5. The highest BCUT2D eigenvalue weighted by Crippen LogP contribution is 2.42. The van der Waals surface area contributed by atoms with Crippen LogP contribution in [0.4, 0.5) is 10.1 Å². The number of rotatable bonds is 4. The minimum absolute atomic E-state index is 0.0909. The third kappa shape index (κ3) is 3.51. The van der Waals surface area contributed by atoms with Crippen molar-refractivity contribution in [2.45, 2.75) is 37.0 Å². The number of benzene rings is 2. The van der Waals surface area contributed by atoms with Crippen LogP contribution in [-0.2, 0) is 14.8 Å². The highest BCUT2D eigenvalue weighted by atomic mass is 32.2. The Labute approximate surface area is 164 Å². The highest BCUT2D eigenvalue weighted by Gasteiger charge is 2.36. The van der Waals surface area contributed by atoms with E-state index in [1.54, 1.807) is 18.2 Å². The summed E-state index contributed by atoms with van der Waals surface area (Å²) in [5, 5.41) is 2.88. The Bertz CT molecular complexity index is 1000. The van der Waals surface area contributed by atoms with Gasteiger partial charge in [0.25, 0.3) is 10.0 Å². The maximum atomic E-state index is 13.9. The predicted molar refractivity (Wildman–Crippen MR) is 106 cm³/mol. The van der Waals surface area contributed by atoms with E-state index < -0.39 is 15.8 Å². The number of hydrogen-bond acceptors (Lipinski definition) is 3. The summed E-state index contributed by atoms with van der Waals surface area (Å²) in [4.78, 5) is 12.6. The van der Waals surface area contributed by atoms with E-state index in [1.807, 2.05) is 0 Å². The minimum Gasteiger partial charge on any atom is -0.354 e. The van der Waals surface area contributed by atoms with E-state index in [-0.39, 0.29) is 17.3 Å². The average molecular weight is 402 g/mol. The summed E-state index contributed by atoms with van der Waals surface area (Å²) in [6.45, 7) is 0.252. The van der Waals surface area contributed by atoms with Crippen molar-refractivity contribution in [3.05, 3.63) is 48.3 Å². The summed E-state index contributed by atoms with van der Waals surface area (Å²) in [5.41, 5.74) is 1.26. The number of nitrogens with zero attached hydrogens (tertiary/aromatic N) is 1. The van der Waals surface area contributed by atoms with Gasteiger partial charge in [0.1, 0.15) is 12.4 Å². The Kier molecular flexibility index (Phi) is 5.10. The Morgan fingerprint density at radius 1 is 1.07 bits per heavy atom. The number of halogens is 1. The lowest BCUT2D eigenvalue weighted by Gasteiger charge is -2.32. The van der Waals surface area contributed by atoms with E-state index in [4.69, 9.17) is 0 Å². The van der Waals surface area contributed by atoms with Crippen LogP contribution >= 0.6 is 0 Å². The quantitative estimate of drug-likeness (QED) is 0.848. The first kappa shape index (κ1) is 18.9. The number of carbonyl (C=O) groups is 1. The third-order valence-corrected chi connectivity index (χ3v) is 7.39. The molecule has 0 aromatic heterocycles. The fourth-order valence-corrected chi connectivity index (χ4v) is 5.76. The monoisotopic (exact) mass is 402 g/mol. The average Bonchev–Trinajstić information content (AvgIpc) is 2.71. The van der Waals surface area contributed by atoms with Crippen LogP contribution in [0.15, 0.2) is 47.4 Å². The second kappa shape index (κ2) is 7.54. The molecule has 4 rings (SSSR count). The molecule has 28 heavy (non-hydrogen) atoms. The van der Waals surface area contributed by atoms with Crippen molar-refractivity contribution in [1.29, 1.82) is 0 Å². The molecule has 2 aromatic carbocycles. The predicted octanol–water partition coefficient (Wildman–Crippen LogP) is 3.70. The molecule has 7 heteroatoms. The molecule has 0 radical (unpaired) electrons. The van der Waals surface area contributed by atoms with E-state index in [9.17, 15) is 17.6 Å². The van der Waals surface area contributed by atoms with E-state index in [1.165, 1.54) is 43.5 Å². The van der Waals surface area contributed by atoms with Crippen molar-refractivity contribution in [3.63, 3.8) is 0 Å². The molecule has 1 N–H and O–H groups in total. The van der Waals surface area contributed by atoms with E-state index in [0.29, 0.717) is 29.3 Å². The van der Waals surface area contributed by atoms with Gasteiger partial charge in [-0.15, -0.1) is 0 Å². The Morgan fingerprint density at radius 3 is 2.61 bits per heavy atom. The van der Waals surface area contributed by atoms with Crippen molar-refractivity contribution >= 4 is 21.6 Å². The van der Waals surface area contributed by atoms with Gasteiger partial charge in [-0.25, -0.2) is 12.8 Å². The number of amides is 1. The number of carbonyl (C=O) groups excluding carboxylic acids is 1. The topological polar surface area (TPSA) is 66.5 Å². The van der Waals surface area contributed by atoms with Crippen molar-refractivity contribution in [1.82, 2.24) is 5.32 Å². The van der Waals surface area contributed by atoms with Crippen LogP contribution in [0.2, 0.25) is 0 Å². The molecule has 1 heterocycles. The van der Waals surface area contributed by atoms with Crippen molar-refractivity contribution in [3.8, 4) is 11.1 Å². The van der Waals surface area contributed by atoms with Crippen molar-refractivity contribution in [2.24, 2.45) is 5.92 Å². The SMILES string of the molecule is O=C(CN1c2ccc(F)cc2-c2ccccc2S1(=O)=O)NCC1CCCCC1. The molecule has 1 amide bonds. The van der Waals surface area contributed by atoms with Gasteiger partial charge >= 0.3 is 0 Å². The summed E-state index contributed by atoms with van der Waals surface area (Å²) in [6.07, 6.45) is 5.78. The van der Waals surface area contributed by atoms with Gasteiger partial charge in [0.05, 0.1) is 10.6 Å². The highest BCUT2D eigenvalue weighted by molar-refractivity contribution is 7.93. The van der Waals surface area contributed by atoms with Crippen LogP contribution in [-0.4, -0.2) is 27.4 Å². The van der Waals surface area contributed by atoms with Crippen molar-refractivity contribution < 1.29 is 17.6 Å². The molecule has 0 saturated heterocycles. The molecule has 0 atom stereocenters. The van der Waals surface area contributed by atoms with Gasteiger partial charge in [0.15, 0.2) is 0 Å². The molecule has 1 aliphatic heterocycles. The normalized spacial score (nSPS) is 18.2. The first-order valence-corrected chi connectivity index (χ1v) is 11.1. The van der Waals surface area contributed by atoms with Gasteiger partial charge in [-0.2, -0.15) is 0 Å². The minimum atomic E-state index is -3.90. The molecule has 1 aliphatic carbocycles. The molecule has 1 saturated carbocycles. The van der Waals surface area contributed by atoms with Crippen LogP contribution < -0.4 is 9.62 Å². The Morgan fingerprint density at radius 2 is 1.82 bits per heavy atom. The molecule has 5 nitrogen and oxygen atoms in total. The lowest BCUT2D eigenvalue weighted by Crippen LogP contribution is -2.43. The maximum absolute atomic E-state index is 13.9. The smallest absolute Gasteiger partial charge is 0.265 e. The fourth-order valence-electron chi connectivity index (χ4n) is 4.11. The molecule has 2 aromatic rings. The van der Waals surface area contributed by atoms with Crippen LogP contribution in [0.3, 0.4) is 0 Å². The van der Waals surface area contributed by atoms with Gasteiger partial charge in [-0.1, -0.05) is 37.5 Å². The first-order valence-electron chi connectivity index (χ1n) is 9.65. The van der Waals surface area contributed by atoms with Crippen LogP contribution in [0.5, 0.6) is 0 Å². The zero-order chi connectivity index (χ0) is 19.7. The van der Waals surface area contributed by atoms with Crippen LogP contribution in [0.25, 0.3) is 11.1 Å². The maximum Gasteiger partial charge on any atom is 0.265 e. The number of fused-ring (bicyclic) bond motifs is 3. The van der Waals surface area contributed by atoms with Crippen LogP contribution in [0, 0.1) is 11.7 Å². The zero-order valence-corrected chi connectivity index (χ0v) is 16.3. The fraction of sp³-hybridized carbons (Fsp3) is 0.381. The second-order valence-corrected chi connectivity index (χ2v) is 9.31. The molecule has 1 fully saturated rings. The summed E-state index contributed by atoms with van der Waals surface area (Å²) in [6, 6.07) is 10.5. The summed E-state index contributed by atoms with van der Waals surface area (Å²) in [5.74, 6) is -0.337. The lowest BCUT2D eigenvalue weighted by atomic mass is 9.89. The molecular formula is C21H23FN2O3S. The largest absolute Gasteiger partial charge is 0.354 e. The molecule has 0 unspecified atom stereocenters. The number of hydrogen-bond donors (Lipinski definition) is 1. The van der Waals surface area contributed by atoms with Gasteiger partial charge in [-0.05, 0) is 43.0 Å². The Balaban J connectivity index is 1.61. The number of nitrogens with one attached hydrogen (secondary N) is 1.